The van der Waals surface area contributed by atoms with Crippen molar-refractivity contribution in [1.29, 1.82) is 0 Å². The summed E-state index contributed by atoms with van der Waals surface area (Å²) in [6.07, 6.45) is 7.44. The summed E-state index contributed by atoms with van der Waals surface area (Å²) in [4.78, 5) is 0. The highest BCUT2D eigenvalue weighted by Crippen LogP contribution is 2.42. The number of allylic oxidation sites excluding steroid dienone is 4. The molecular formula is C62H80N2Si2. The molecule has 2 nitrogen and oxygen atoms in total. The average Bonchev–Trinajstić information content (AvgIpc) is 3.27. The Bertz CT molecular complexity index is 2270. The second-order valence-electron chi connectivity index (χ2n) is 19.7. The van der Waals surface area contributed by atoms with E-state index in [0.29, 0.717) is 44.6 Å². The van der Waals surface area contributed by atoms with Gasteiger partial charge in [-0.2, -0.15) is 0 Å². The van der Waals surface area contributed by atoms with Crippen molar-refractivity contribution >= 4 is 16.1 Å². The molecule has 1 heterocycles. The molecule has 3 aromatic rings. The zero-order valence-electron chi connectivity index (χ0n) is 43.8. The van der Waals surface area contributed by atoms with Gasteiger partial charge in [-0.25, -0.2) is 0 Å². The molecule has 0 saturated carbocycles. The van der Waals surface area contributed by atoms with Gasteiger partial charge in [-0.1, -0.05) is 184 Å². The Balaban J connectivity index is 1.88. The number of hydrogen-bond donors (Lipinski definition) is 0. The molecular weight excluding hydrogens is 829 g/mol. The molecule has 0 saturated heterocycles. The van der Waals surface area contributed by atoms with Crippen LogP contribution in [-0.4, -0.2) is 26.3 Å². The van der Waals surface area contributed by atoms with Crippen LogP contribution in [-0.2, 0) is 0 Å². The van der Waals surface area contributed by atoms with E-state index in [0.717, 1.165) is 95.9 Å². The maximum atomic E-state index is 4.47. The third-order valence-corrected chi connectivity index (χ3v) is 25.7. The molecule has 346 valence electrons. The predicted octanol–water partition coefficient (Wildman–Crippen LogP) is 16.2. The van der Waals surface area contributed by atoms with E-state index >= 15 is 0 Å². The fraction of sp³-hybridized carbons (Fsp3) is 0.484. The van der Waals surface area contributed by atoms with E-state index in [-0.39, 0.29) is 0 Å². The van der Waals surface area contributed by atoms with Gasteiger partial charge in [-0.3, -0.25) is 0 Å². The summed E-state index contributed by atoms with van der Waals surface area (Å²) in [5, 5.41) is 8.94. The van der Waals surface area contributed by atoms with Gasteiger partial charge in [0.05, 0.1) is 0 Å². The van der Waals surface area contributed by atoms with Gasteiger partial charge in [0.15, 0.2) is 0 Å². The third-order valence-electron chi connectivity index (χ3n) is 13.1. The lowest BCUT2D eigenvalue weighted by atomic mass is 9.99. The van der Waals surface area contributed by atoms with Crippen molar-refractivity contribution in [2.45, 2.75) is 195 Å². The van der Waals surface area contributed by atoms with E-state index in [2.05, 4.69) is 240 Å². The van der Waals surface area contributed by atoms with Gasteiger partial charge >= 0.3 is 0 Å². The smallest absolute Gasteiger partial charge is 0.141 e. The standard InChI is InChI=1S/C62H80N2Si2/c1-17-21-57(35-33-53-25-29-55(30-26-53)43-45-65(47(5)6,48(7)8)49(9)10)59(23-19-3)37-39-61-41-42-62(64-63-61)40-38-60(24-20-4)58(22-18-2)36-34-54-27-31-56(32-28-54)44-46-66(50(11)12,51(13)14)52(15)16/h25-32,41-42,47-52H,17-24H2,1-16H3. The highest BCUT2D eigenvalue weighted by atomic mass is 28.3. The van der Waals surface area contributed by atoms with Crippen LogP contribution in [0.4, 0.5) is 0 Å². The van der Waals surface area contributed by atoms with Crippen molar-refractivity contribution in [3.63, 3.8) is 0 Å². The summed E-state index contributed by atoms with van der Waals surface area (Å²) in [5.41, 5.74) is 21.0. The number of aromatic nitrogens is 2. The lowest BCUT2D eigenvalue weighted by Gasteiger charge is -2.38. The normalized spacial score (nSPS) is 12.1. The van der Waals surface area contributed by atoms with Gasteiger partial charge in [0.2, 0.25) is 0 Å². The Morgan fingerprint density at radius 2 is 0.576 bits per heavy atom. The summed E-state index contributed by atoms with van der Waals surface area (Å²) >= 11 is 0. The molecule has 0 bridgehead atoms. The second kappa shape index (κ2) is 27.4. The molecule has 0 amide bonds. The zero-order valence-corrected chi connectivity index (χ0v) is 45.8. The third kappa shape index (κ3) is 15.4. The monoisotopic (exact) mass is 909 g/mol. The van der Waals surface area contributed by atoms with Crippen LogP contribution in [0.1, 0.15) is 196 Å². The molecule has 1 aromatic heterocycles. The quantitative estimate of drug-likeness (QED) is 0.119. The maximum absolute atomic E-state index is 4.47. The molecule has 0 radical (unpaired) electrons. The topological polar surface area (TPSA) is 25.8 Å². The van der Waals surface area contributed by atoms with Crippen molar-refractivity contribution in [2.75, 3.05) is 0 Å². The van der Waals surface area contributed by atoms with Gasteiger partial charge in [0.25, 0.3) is 0 Å². The maximum Gasteiger partial charge on any atom is 0.146 e. The van der Waals surface area contributed by atoms with Crippen LogP contribution in [0.2, 0.25) is 33.2 Å². The number of nitrogens with zero attached hydrogens (tertiary/aromatic N) is 2. The molecule has 3 rings (SSSR count). The minimum absolute atomic E-state index is 0.608. The van der Waals surface area contributed by atoms with Gasteiger partial charge in [0, 0.05) is 44.5 Å². The lowest BCUT2D eigenvalue weighted by molar-refractivity contribution is 0.838. The molecule has 2 aromatic carbocycles. The summed E-state index contributed by atoms with van der Waals surface area (Å²) in [6, 6.07) is 20.7. The van der Waals surface area contributed by atoms with Crippen molar-refractivity contribution < 1.29 is 0 Å². The molecule has 0 aliphatic carbocycles. The first-order chi connectivity index (χ1) is 31.5. The summed E-state index contributed by atoms with van der Waals surface area (Å²) in [6.45, 7) is 37.0. The van der Waals surface area contributed by atoms with Gasteiger partial charge in [0.1, 0.15) is 27.5 Å². The molecule has 4 heteroatoms. The molecule has 0 fully saturated rings. The van der Waals surface area contributed by atoms with E-state index in [1.165, 1.54) is 0 Å². The molecule has 0 aliphatic rings. The van der Waals surface area contributed by atoms with Crippen LogP contribution in [0.25, 0.3) is 0 Å². The van der Waals surface area contributed by atoms with Crippen LogP contribution in [0, 0.1) is 70.3 Å². The average molecular weight is 910 g/mol. The molecule has 0 aliphatic heterocycles. The second-order valence-corrected chi connectivity index (χ2v) is 30.8. The Kier molecular flexibility index (Phi) is 22.9. The van der Waals surface area contributed by atoms with E-state index in [1.54, 1.807) is 0 Å². The Morgan fingerprint density at radius 3 is 0.788 bits per heavy atom. The van der Waals surface area contributed by atoms with Crippen LogP contribution >= 0.6 is 0 Å². The van der Waals surface area contributed by atoms with Crippen molar-refractivity contribution in [2.24, 2.45) is 0 Å². The highest BCUT2D eigenvalue weighted by molar-refractivity contribution is 6.91. The molecule has 0 atom stereocenters. The highest BCUT2D eigenvalue weighted by Gasteiger charge is 2.42. The number of benzene rings is 2. The SMILES string of the molecule is CCCC(C#Cc1ccc(C#C[Si](C(C)C)(C(C)C)C(C)C)cc1)=C(C#Cc1ccc(C#CC(CCC)=C(C#Cc2ccc(C#C[Si](C(C)C)(C(C)C)C(C)C)cc2)CCC)nn1)CCC. The minimum Gasteiger partial charge on any atom is -0.141 e. The van der Waals surface area contributed by atoms with Crippen molar-refractivity contribution in [3.05, 3.63) is 117 Å². The summed E-state index contributed by atoms with van der Waals surface area (Å²) in [7, 11) is -3.58. The summed E-state index contributed by atoms with van der Waals surface area (Å²) < 4.78 is 0. The van der Waals surface area contributed by atoms with Crippen LogP contribution in [0.3, 0.4) is 0 Å². The first-order valence-electron chi connectivity index (χ1n) is 25.1. The fourth-order valence-corrected chi connectivity index (χ4v) is 20.1. The molecule has 0 spiro atoms. The molecule has 0 unspecified atom stereocenters. The van der Waals surface area contributed by atoms with Crippen LogP contribution in [0.15, 0.2) is 83.0 Å². The Labute approximate surface area is 406 Å². The predicted molar refractivity (Wildman–Crippen MR) is 292 cm³/mol. The minimum atomic E-state index is -1.79. The first-order valence-corrected chi connectivity index (χ1v) is 29.6. The van der Waals surface area contributed by atoms with Gasteiger partial charge < -0.3 is 0 Å². The largest absolute Gasteiger partial charge is 0.146 e. The van der Waals surface area contributed by atoms with Gasteiger partial charge in [-0.05, 0) is 131 Å². The van der Waals surface area contributed by atoms with Gasteiger partial charge in [-0.15, -0.1) is 21.3 Å². The first kappa shape index (κ1) is 55.1. The lowest BCUT2D eigenvalue weighted by Crippen LogP contribution is -2.43. The van der Waals surface area contributed by atoms with Crippen LogP contribution < -0.4 is 0 Å². The van der Waals surface area contributed by atoms with E-state index in [4.69, 9.17) is 0 Å². The Hall–Kier alpha value is -5.21. The summed E-state index contributed by atoms with van der Waals surface area (Å²) in [5.74, 6) is 34.5. The molecule has 0 N–H and O–H groups in total. The number of hydrogen-bond acceptors (Lipinski definition) is 2. The fourth-order valence-electron chi connectivity index (χ4n) is 9.70. The molecule has 66 heavy (non-hydrogen) atoms. The van der Waals surface area contributed by atoms with E-state index < -0.39 is 16.1 Å². The van der Waals surface area contributed by atoms with Crippen molar-refractivity contribution in [1.82, 2.24) is 10.2 Å². The zero-order chi connectivity index (χ0) is 48.9. The van der Waals surface area contributed by atoms with Crippen molar-refractivity contribution in [3.8, 4) is 70.3 Å². The van der Waals surface area contributed by atoms with Crippen LogP contribution in [0.5, 0.6) is 0 Å². The number of rotatable bonds is 14. The van der Waals surface area contributed by atoms with E-state index in [9.17, 15) is 0 Å². The van der Waals surface area contributed by atoms with E-state index in [1.807, 2.05) is 12.1 Å². The Morgan fingerprint density at radius 1 is 0.348 bits per heavy atom.